The largest absolute Gasteiger partial charge is 0.366 e. The van der Waals surface area contributed by atoms with Gasteiger partial charge in [-0.1, -0.05) is 11.8 Å². The Kier molecular flexibility index (Phi) is 6.35. The normalized spacial score (nSPS) is 17.4. The minimum absolute atomic E-state index is 0.0298. The predicted octanol–water partition coefficient (Wildman–Crippen LogP) is 2.67. The maximum absolute atomic E-state index is 12.0. The molecule has 0 unspecified atom stereocenters. The van der Waals surface area contributed by atoms with Gasteiger partial charge in [0.15, 0.2) is 0 Å². The van der Waals surface area contributed by atoms with Crippen LogP contribution in [0, 0.1) is 11.8 Å². The molecule has 2 aliphatic rings. The average molecular weight is 445 g/mol. The van der Waals surface area contributed by atoms with Crippen molar-refractivity contribution in [1.82, 2.24) is 30.8 Å². The lowest BCUT2D eigenvalue weighted by Gasteiger charge is -2.10. The number of fused-ring (bicyclic) bond motifs is 1. The molecule has 1 saturated carbocycles. The van der Waals surface area contributed by atoms with Crippen molar-refractivity contribution in [3.05, 3.63) is 36.2 Å². The van der Waals surface area contributed by atoms with E-state index in [2.05, 4.69) is 53.3 Å². The van der Waals surface area contributed by atoms with Gasteiger partial charge in [0.05, 0.1) is 29.5 Å². The third-order valence-corrected chi connectivity index (χ3v) is 5.78. The van der Waals surface area contributed by atoms with Crippen molar-refractivity contribution in [2.45, 2.75) is 50.6 Å². The van der Waals surface area contributed by atoms with Crippen LogP contribution >= 0.6 is 0 Å². The van der Waals surface area contributed by atoms with Gasteiger partial charge in [-0.2, -0.15) is 10.1 Å². The number of rotatable bonds is 8. The number of carbonyl (C=O) groups excluding carboxylic acids is 1. The van der Waals surface area contributed by atoms with Gasteiger partial charge in [-0.3, -0.25) is 9.89 Å². The van der Waals surface area contributed by atoms with E-state index in [0.29, 0.717) is 25.0 Å². The fourth-order valence-corrected chi connectivity index (χ4v) is 3.79. The number of nitrogens with zero attached hydrogens (tertiary/aromatic N) is 3. The van der Waals surface area contributed by atoms with Crippen LogP contribution in [0.25, 0.3) is 10.9 Å². The van der Waals surface area contributed by atoms with Crippen LogP contribution in [0.2, 0.25) is 0 Å². The molecule has 33 heavy (non-hydrogen) atoms. The van der Waals surface area contributed by atoms with Crippen LogP contribution in [0.5, 0.6) is 0 Å². The molecule has 1 amide bonds. The SMILES string of the molecule is O=C(NCCCC#Cc1cnc(Nc2ccc3cn[nH]c3c2)nc1NC1CC1)[C@@H]1CCCN1. The highest BCUT2D eigenvalue weighted by Gasteiger charge is 2.23. The predicted molar refractivity (Wildman–Crippen MR) is 128 cm³/mol. The molecule has 5 rings (SSSR count). The van der Waals surface area contributed by atoms with E-state index in [9.17, 15) is 4.79 Å². The van der Waals surface area contributed by atoms with E-state index < -0.39 is 0 Å². The van der Waals surface area contributed by atoms with Gasteiger partial charge in [-0.15, -0.1) is 0 Å². The molecular formula is C24H28N8O. The van der Waals surface area contributed by atoms with Gasteiger partial charge in [0.25, 0.3) is 0 Å². The summed E-state index contributed by atoms with van der Waals surface area (Å²) in [5.41, 5.74) is 2.63. The molecule has 3 aromatic rings. The van der Waals surface area contributed by atoms with Crippen LogP contribution < -0.4 is 21.3 Å². The number of aromatic nitrogens is 4. The van der Waals surface area contributed by atoms with Gasteiger partial charge >= 0.3 is 0 Å². The second kappa shape index (κ2) is 9.88. The molecule has 0 radical (unpaired) electrons. The van der Waals surface area contributed by atoms with Gasteiger partial charge in [0.2, 0.25) is 11.9 Å². The van der Waals surface area contributed by atoms with E-state index >= 15 is 0 Å². The number of anilines is 3. The Bertz CT molecular complexity index is 1180. The summed E-state index contributed by atoms with van der Waals surface area (Å²) in [6, 6.07) is 6.38. The average Bonchev–Trinajstić information content (AvgIpc) is 3.26. The standard InChI is InChI=1S/C24H28N8O/c33-23(20-6-4-12-25-20)26-11-3-1-2-5-17-14-27-24(31-22(17)29-18-9-10-18)30-19-8-7-16-15-28-32-21(16)13-19/h7-8,13-15,18,20,25H,1,3-4,6,9-12H2,(H,26,33)(H,28,32)(H2,27,29,30,31)/t20-/m0/s1. The Morgan fingerprint density at radius 3 is 3.00 bits per heavy atom. The van der Waals surface area contributed by atoms with Crippen LogP contribution in [0.15, 0.2) is 30.6 Å². The van der Waals surface area contributed by atoms with Crippen molar-refractivity contribution in [3.8, 4) is 11.8 Å². The van der Waals surface area contributed by atoms with Crippen LogP contribution in [0.3, 0.4) is 0 Å². The first-order valence-corrected chi connectivity index (χ1v) is 11.6. The molecule has 1 aliphatic heterocycles. The molecule has 0 spiro atoms. The van der Waals surface area contributed by atoms with Gasteiger partial charge < -0.3 is 21.3 Å². The topological polar surface area (TPSA) is 120 Å². The first-order chi connectivity index (χ1) is 16.2. The molecule has 1 aliphatic carbocycles. The van der Waals surface area contributed by atoms with Crippen LogP contribution in [0.1, 0.15) is 44.1 Å². The smallest absolute Gasteiger partial charge is 0.237 e. The number of amides is 1. The third kappa shape index (κ3) is 5.59. The Morgan fingerprint density at radius 1 is 1.21 bits per heavy atom. The Balaban J connectivity index is 1.19. The van der Waals surface area contributed by atoms with E-state index in [0.717, 1.165) is 66.6 Å². The van der Waals surface area contributed by atoms with Crippen LogP contribution in [0.4, 0.5) is 17.5 Å². The first kappa shape index (κ1) is 21.2. The van der Waals surface area contributed by atoms with E-state index in [4.69, 9.17) is 0 Å². The highest BCUT2D eigenvalue weighted by atomic mass is 16.2. The van der Waals surface area contributed by atoms with Gasteiger partial charge in [0.1, 0.15) is 5.82 Å². The number of hydrogen-bond donors (Lipinski definition) is 5. The number of carbonyl (C=O) groups is 1. The van der Waals surface area contributed by atoms with Crippen molar-refractivity contribution >= 4 is 34.3 Å². The third-order valence-electron chi connectivity index (χ3n) is 5.78. The van der Waals surface area contributed by atoms with Gasteiger partial charge in [0, 0.05) is 30.1 Å². The zero-order chi connectivity index (χ0) is 22.5. The molecule has 0 bridgehead atoms. The molecule has 2 aromatic heterocycles. The number of nitrogens with one attached hydrogen (secondary N) is 5. The first-order valence-electron chi connectivity index (χ1n) is 11.6. The van der Waals surface area contributed by atoms with Crippen molar-refractivity contribution in [2.24, 2.45) is 0 Å². The molecule has 1 aromatic carbocycles. The number of hydrogen-bond acceptors (Lipinski definition) is 7. The number of H-pyrrole nitrogens is 1. The summed E-state index contributed by atoms with van der Waals surface area (Å²) in [5, 5.41) is 21.0. The highest BCUT2D eigenvalue weighted by Crippen LogP contribution is 2.26. The fraction of sp³-hybridized carbons (Fsp3) is 0.417. The summed E-state index contributed by atoms with van der Waals surface area (Å²) in [6.07, 6.45) is 9.34. The molecule has 1 atom stereocenters. The molecule has 9 nitrogen and oxygen atoms in total. The van der Waals surface area contributed by atoms with Crippen molar-refractivity contribution in [2.75, 3.05) is 23.7 Å². The molecule has 5 N–H and O–H groups in total. The zero-order valence-corrected chi connectivity index (χ0v) is 18.4. The van der Waals surface area contributed by atoms with Crippen LogP contribution in [-0.4, -0.2) is 51.2 Å². The lowest BCUT2D eigenvalue weighted by atomic mass is 10.2. The lowest BCUT2D eigenvalue weighted by Crippen LogP contribution is -2.40. The molecule has 3 heterocycles. The molecular weight excluding hydrogens is 416 g/mol. The molecule has 9 heteroatoms. The Hall–Kier alpha value is -3.64. The van der Waals surface area contributed by atoms with Crippen molar-refractivity contribution < 1.29 is 4.79 Å². The lowest BCUT2D eigenvalue weighted by molar-refractivity contribution is -0.122. The molecule has 170 valence electrons. The summed E-state index contributed by atoms with van der Waals surface area (Å²) < 4.78 is 0. The summed E-state index contributed by atoms with van der Waals surface area (Å²) in [6.45, 7) is 1.57. The number of benzene rings is 1. The summed E-state index contributed by atoms with van der Waals surface area (Å²) in [5.74, 6) is 7.77. The van der Waals surface area contributed by atoms with E-state index in [1.807, 2.05) is 18.2 Å². The highest BCUT2D eigenvalue weighted by molar-refractivity contribution is 5.82. The minimum atomic E-state index is -0.0298. The zero-order valence-electron chi connectivity index (χ0n) is 18.4. The van der Waals surface area contributed by atoms with Crippen molar-refractivity contribution in [3.63, 3.8) is 0 Å². The molecule has 1 saturated heterocycles. The second-order valence-electron chi connectivity index (χ2n) is 8.52. The van der Waals surface area contributed by atoms with E-state index in [1.54, 1.807) is 12.4 Å². The summed E-state index contributed by atoms with van der Waals surface area (Å²) >= 11 is 0. The van der Waals surface area contributed by atoms with Crippen molar-refractivity contribution in [1.29, 1.82) is 0 Å². The van der Waals surface area contributed by atoms with Gasteiger partial charge in [-0.25, -0.2) is 4.98 Å². The minimum Gasteiger partial charge on any atom is -0.366 e. The Morgan fingerprint density at radius 2 is 2.15 bits per heavy atom. The monoisotopic (exact) mass is 444 g/mol. The quantitative estimate of drug-likeness (QED) is 0.268. The van der Waals surface area contributed by atoms with E-state index in [1.165, 1.54) is 0 Å². The number of unbranched alkanes of at least 4 members (excludes halogenated alkanes) is 1. The van der Waals surface area contributed by atoms with Gasteiger partial charge in [-0.05, 0) is 56.8 Å². The van der Waals surface area contributed by atoms with Crippen LogP contribution in [-0.2, 0) is 4.79 Å². The summed E-state index contributed by atoms with van der Waals surface area (Å²) in [7, 11) is 0. The fourth-order valence-electron chi connectivity index (χ4n) is 3.79. The molecule has 2 fully saturated rings. The second-order valence-corrected chi connectivity index (χ2v) is 8.52. The Labute approximate surface area is 192 Å². The maximum atomic E-state index is 12.0. The maximum Gasteiger partial charge on any atom is 0.237 e. The summed E-state index contributed by atoms with van der Waals surface area (Å²) in [4.78, 5) is 21.2. The van der Waals surface area contributed by atoms with E-state index in [-0.39, 0.29) is 11.9 Å². The number of aromatic amines is 1.